The second kappa shape index (κ2) is 7.94. The molecule has 7 nitrogen and oxygen atoms in total. The molecule has 1 N–H and O–H groups in total. The fourth-order valence-electron chi connectivity index (χ4n) is 3.99. The Morgan fingerprint density at radius 1 is 1.19 bits per heavy atom. The number of carboxylic acids is 1. The number of ether oxygens (including phenoxy) is 2. The SMILES string of the molecule is COc1cccc(C2OC(CC(=O)O)c3nnc(C(F)(F)F)n3-c3ccc(C)cc32)c1C. The number of aryl methyl sites for hydroxylation is 1. The number of benzene rings is 2. The van der Waals surface area contributed by atoms with Crippen molar-refractivity contribution in [3.05, 3.63) is 70.3 Å². The van der Waals surface area contributed by atoms with E-state index in [1.807, 2.05) is 13.8 Å². The molecule has 0 fully saturated rings. The first kappa shape index (κ1) is 21.8. The number of alkyl halides is 3. The first-order valence-electron chi connectivity index (χ1n) is 9.76. The summed E-state index contributed by atoms with van der Waals surface area (Å²) in [5, 5.41) is 16.5. The highest BCUT2D eigenvalue weighted by molar-refractivity contribution is 5.67. The van der Waals surface area contributed by atoms with Crippen LogP contribution in [0.4, 0.5) is 13.2 Å². The lowest BCUT2D eigenvalue weighted by Gasteiger charge is -2.24. The summed E-state index contributed by atoms with van der Waals surface area (Å²) < 4.78 is 53.8. The predicted octanol–water partition coefficient (Wildman–Crippen LogP) is 4.55. The van der Waals surface area contributed by atoms with E-state index in [2.05, 4.69) is 10.2 Å². The molecule has 2 heterocycles. The third-order valence-corrected chi connectivity index (χ3v) is 5.42. The minimum atomic E-state index is -4.80. The van der Waals surface area contributed by atoms with Gasteiger partial charge in [0.15, 0.2) is 5.82 Å². The lowest BCUT2D eigenvalue weighted by atomic mass is 9.94. The molecule has 3 aromatic rings. The van der Waals surface area contributed by atoms with Crippen LogP contribution < -0.4 is 4.74 Å². The van der Waals surface area contributed by atoms with Gasteiger partial charge in [0, 0.05) is 5.56 Å². The zero-order chi connectivity index (χ0) is 23.2. The van der Waals surface area contributed by atoms with Gasteiger partial charge >= 0.3 is 12.1 Å². The van der Waals surface area contributed by atoms with Crippen LogP contribution >= 0.6 is 0 Å². The topological polar surface area (TPSA) is 86.5 Å². The second-order valence-electron chi connectivity index (χ2n) is 7.55. The molecule has 0 spiro atoms. The number of hydrogen-bond acceptors (Lipinski definition) is 5. The van der Waals surface area contributed by atoms with Crippen molar-refractivity contribution in [2.75, 3.05) is 7.11 Å². The number of methoxy groups -OCH3 is 1. The van der Waals surface area contributed by atoms with Crippen molar-refractivity contribution < 1.29 is 32.5 Å². The highest BCUT2D eigenvalue weighted by Gasteiger charge is 2.43. The molecule has 4 rings (SSSR count). The zero-order valence-electron chi connectivity index (χ0n) is 17.5. The van der Waals surface area contributed by atoms with Gasteiger partial charge in [0.2, 0.25) is 5.82 Å². The Morgan fingerprint density at radius 3 is 2.59 bits per heavy atom. The largest absolute Gasteiger partial charge is 0.496 e. The van der Waals surface area contributed by atoms with Crippen LogP contribution in [0.25, 0.3) is 5.69 Å². The summed E-state index contributed by atoms with van der Waals surface area (Å²) in [7, 11) is 1.52. The lowest BCUT2D eigenvalue weighted by Crippen LogP contribution is -2.17. The summed E-state index contributed by atoms with van der Waals surface area (Å²) in [5.74, 6) is -2.11. The van der Waals surface area contributed by atoms with Crippen LogP contribution in [0.5, 0.6) is 5.75 Å². The average molecular weight is 447 g/mol. The van der Waals surface area contributed by atoms with E-state index in [9.17, 15) is 23.1 Å². The van der Waals surface area contributed by atoms with E-state index in [1.54, 1.807) is 36.4 Å². The molecule has 2 atom stereocenters. The predicted molar refractivity (Wildman–Crippen MR) is 107 cm³/mol. The maximum atomic E-state index is 13.8. The van der Waals surface area contributed by atoms with Gasteiger partial charge in [-0.05, 0) is 37.1 Å². The van der Waals surface area contributed by atoms with Gasteiger partial charge in [-0.1, -0.05) is 29.8 Å². The summed E-state index contributed by atoms with van der Waals surface area (Å²) >= 11 is 0. The quantitative estimate of drug-likeness (QED) is 0.632. The summed E-state index contributed by atoms with van der Waals surface area (Å²) in [4.78, 5) is 11.6. The Kier molecular flexibility index (Phi) is 5.41. The van der Waals surface area contributed by atoms with E-state index >= 15 is 0 Å². The number of aliphatic carboxylic acids is 1. The number of aromatic nitrogens is 3. The van der Waals surface area contributed by atoms with Crippen molar-refractivity contribution in [3.63, 3.8) is 0 Å². The van der Waals surface area contributed by atoms with Gasteiger partial charge in [0.05, 0.1) is 19.2 Å². The number of fused-ring (bicyclic) bond motifs is 3. The number of hydrogen-bond donors (Lipinski definition) is 1. The van der Waals surface area contributed by atoms with E-state index in [-0.39, 0.29) is 11.5 Å². The highest BCUT2D eigenvalue weighted by Crippen LogP contribution is 2.44. The molecule has 0 saturated heterocycles. The minimum Gasteiger partial charge on any atom is -0.496 e. The summed E-state index contributed by atoms with van der Waals surface area (Å²) in [6.45, 7) is 3.62. The van der Waals surface area contributed by atoms with Crippen LogP contribution in [0.1, 0.15) is 52.5 Å². The van der Waals surface area contributed by atoms with E-state index in [1.165, 1.54) is 7.11 Å². The van der Waals surface area contributed by atoms with Crippen molar-refractivity contribution in [2.45, 2.75) is 38.7 Å². The molecule has 168 valence electrons. The van der Waals surface area contributed by atoms with Crippen LogP contribution in [0.2, 0.25) is 0 Å². The Balaban J connectivity index is 2.03. The van der Waals surface area contributed by atoms with Gasteiger partial charge in [-0.25, -0.2) is 0 Å². The Bertz CT molecular complexity index is 1190. The van der Waals surface area contributed by atoms with E-state index in [4.69, 9.17) is 9.47 Å². The molecule has 1 aliphatic heterocycles. The molecule has 1 aliphatic rings. The minimum absolute atomic E-state index is 0.183. The fourth-order valence-corrected chi connectivity index (χ4v) is 3.99. The maximum absolute atomic E-state index is 13.8. The smallest absolute Gasteiger partial charge is 0.452 e. The number of halogens is 3. The molecule has 10 heteroatoms. The van der Waals surface area contributed by atoms with Gasteiger partial charge in [-0.2, -0.15) is 13.2 Å². The number of carbonyl (C=O) groups is 1. The van der Waals surface area contributed by atoms with Crippen LogP contribution in [0.15, 0.2) is 36.4 Å². The van der Waals surface area contributed by atoms with Crippen LogP contribution in [0, 0.1) is 13.8 Å². The number of rotatable bonds is 4. The Morgan fingerprint density at radius 2 is 1.94 bits per heavy atom. The molecule has 2 aromatic carbocycles. The van der Waals surface area contributed by atoms with E-state index in [0.29, 0.717) is 16.9 Å². The van der Waals surface area contributed by atoms with Gasteiger partial charge < -0.3 is 14.6 Å². The molecule has 2 unspecified atom stereocenters. The second-order valence-corrected chi connectivity index (χ2v) is 7.55. The maximum Gasteiger partial charge on any atom is 0.452 e. The fraction of sp³-hybridized carbons (Fsp3) is 0.318. The van der Waals surface area contributed by atoms with E-state index < -0.39 is 36.6 Å². The molecule has 1 aromatic heterocycles. The molecule has 32 heavy (non-hydrogen) atoms. The van der Waals surface area contributed by atoms with Crippen LogP contribution in [0.3, 0.4) is 0 Å². The van der Waals surface area contributed by atoms with Crippen LogP contribution in [-0.4, -0.2) is 33.0 Å². The summed E-state index contributed by atoms with van der Waals surface area (Å²) in [6, 6.07) is 10.2. The molecular weight excluding hydrogens is 427 g/mol. The molecule has 0 amide bonds. The zero-order valence-corrected chi connectivity index (χ0v) is 17.5. The van der Waals surface area contributed by atoms with Gasteiger partial charge in [-0.3, -0.25) is 9.36 Å². The first-order chi connectivity index (χ1) is 15.1. The highest BCUT2D eigenvalue weighted by atomic mass is 19.4. The van der Waals surface area contributed by atoms with Crippen molar-refractivity contribution >= 4 is 5.97 Å². The van der Waals surface area contributed by atoms with Crippen molar-refractivity contribution in [3.8, 4) is 11.4 Å². The lowest BCUT2D eigenvalue weighted by molar-refractivity contribution is -0.146. The van der Waals surface area contributed by atoms with Crippen molar-refractivity contribution in [1.82, 2.24) is 14.8 Å². The standard InChI is InChI=1S/C22H20F3N3O4/c1-11-7-8-15-14(9-11)19(13-5-4-6-16(31-3)12(13)2)32-17(10-18(29)30)20-26-27-21(28(15)20)22(23,24)25/h4-9,17,19H,10H2,1-3H3,(H,29,30). The van der Waals surface area contributed by atoms with Gasteiger partial charge in [0.1, 0.15) is 18.0 Å². The Hall–Kier alpha value is -3.40. The normalized spacial score (nSPS) is 17.9. The Labute approximate surface area is 181 Å². The van der Waals surface area contributed by atoms with Crippen molar-refractivity contribution in [1.29, 1.82) is 0 Å². The number of carboxylic acid groups (broad SMARTS) is 1. The monoisotopic (exact) mass is 447 g/mol. The van der Waals surface area contributed by atoms with Crippen molar-refractivity contribution in [2.24, 2.45) is 0 Å². The number of nitrogens with zero attached hydrogens (tertiary/aromatic N) is 3. The van der Waals surface area contributed by atoms with Gasteiger partial charge in [0.25, 0.3) is 0 Å². The average Bonchev–Trinajstić information content (AvgIpc) is 3.12. The molecular formula is C22H20F3N3O4. The summed E-state index contributed by atoms with van der Waals surface area (Å²) in [5.41, 5.74) is 2.82. The molecule has 0 aliphatic carbocycles. The summed E-state index contributed by atoms with van der Waals surface area (Å²) in [6.07, 6.45) is -7.50. The third-order valence-electron chi connectivity index (χ3n) is 5.42. The van der Waals surface area contributed by atoms with Gasteiger partial charge in [-0.15, -0.1) is 10.2 Å². The van der Waals surface area contributed by atoms with Crippen LogP contribution in [-0.2, 0) is 15.7 Å². The first-order valence-corrected chi connectivity index (χ1v) is 9.76. The van der Waals surface area contributed by atoms with E-state index in [0.717, 1.165) is 15.7 Å². The molecule has 0 saturated carbocycles. The molecule has 0 radical (unpaired) electrons. The third kappa shape index (κ3) is 3.70. The molecule has 0 bridgehead atoms.